The molecule has 7 heteroatoms. The van der Waals surface area contributed by atoms with Gasteiger partial charge in [0.25, 0.3) is 0 Å². The SMILES string of the molecule is Cc1cccc(CC(=O)N2CCn3nc(CNc4cnccn4)cc3C2)c1. The predicted octanol–water partition coefficient (Wildman–Crippen LogP) is 2.18. The van der Waals surface area contributed by atoms with Crippen LogP contribution in [0, 0.1) is 6.92 Å². The number of benzene rings is 1. The molecule has 0 radical (unpaired) electrons. The zero-order chi connectivity index (χ0) is 18.6. The Morgan fingerprint density at radius 2 is 2.15 bits per heavy atom. The van der Waals surface area contributed by atoms with Crippen LogP contribution in [0.25, 0.3) is 0 Å². The number of nitrogens with zero attached hydrogens (tertiary/aromatic N) is 5. The monoisotopic (exact) mass is 362 g/mol. The number of carbonyl (C=O) groups is 1. The van der Waals surface area contributed by atoms with E-state index in [2.05, 4.69) is 32.5 Å². The van der Waals surface area contributed by atoms with E-state index < -0.39 is 0 Å². The maximum Gasteiger partial charge on any atom is 0.227 e. The van der Waals surface area contributed by atoms with Gasteiger partial charge in [0.15, 0.2) is 0 Å². The van der Waals surface area contributed by atoms with E-state index >= 15 is 0 Å². The highest BCUT2D eigenvalue weighted by Gasteiger charge is 2.22. The molecule has 138 valence electrons. The Hall–Kier alpha value is -3.22. The molecule has 4 rings (SSSR count). The highest BCUT2D eigenvalue weighted by molar-refractivity contribution is 5.78. The number of carbonyl (C=O) groups excluding carboxylic acids is 1. The highest BCUT2D eigenvalue weighted by atomic mass is 16.2. The average Bonchev–Trinajstić information content (AvgIpc) is 3.09. The minimum absolute atomic E-state index is 0.160. The molecule has 1 N–H and O–H groups in total. The molecule has 0 saturated carbocycles. The molecule has 1 aliphatic heterocycles. The van der Waals surface area contributed by atoms with Gasteiger partial charge in [0.1, 0.15) is 5.82 Å². The molecule has 7 nitrogen and oxygen atoms in total. The standard InChI is InChI=1S/C20H22N6O/c1-15-3-2-4-16(9-15)10-20(27)25-7-8-26-18(14-25)11-17(24-26)12-23-19-13-21-5-6-22-19/h2-6,9,11,13H,7-8,10,12,14H2,1H3,(H,22,23). The Morgan fingerprint density at radius 1 is 1.22 bits per heavy atom. The van der Waals surface area contributed by atoms with Crippen LogP contribution in [0.3, 0.4) is 0 Å². The number of nitrogens with one attached hydrogen (secondary N) is 1. The molecule has 2 aromatic heterocycles. The van der Waals surface area contributed by atoms with Crippen LogP contribution >= 0.6 is 0 Å². The lowest BCUT2D eigenvalue weighted by Crippen LogP contribution is -2.39. The molecule has 3 aromatic rings. The van der Waals surface area contributed by atoms with Crippen LogP contribution in [0.1, 0.15) is 22.5 Å². The van der Waals surface area contributed by atoms with E-state index in [4.69, 9.17) is 0 Å². The third-order valence-electron chi connectivity index (χ3n) is 4.65. The molecule has 0 spiro atoms. The van der Waals surface area contributed by atoms with Crippen molar-refractivity contribution in [1.82, 2.24) is 24.6 Å². The third kappa shape index (κ3) is 4.13. The molecule has 1 aliphatic rings. The maximum absolute atomic E-state index is 12.7. The fourth-order valence-electron chi connectivity index (χ4n) is 3.31. The molecule has 3 heterocycles. The lowest BCUT2D eigenvalue weighted by atomic mass is 10.1. The predicted molar refractivity (Wildman–Crippen MR) is 102 cm³/mol. The summed E-state index contributed by atoms with van der Waals surface area (Å²) in [6.07, 6.45) is 5.42. The van der Waals surface area contributed by atoms with Gasteiger partial charge >= 0.3 is 0 Å². The first kappa shape index (κ1) is 17.2. The topological polar surface area (TPSA) is 75.9 Å². The first-order chi connectivity index (χ1) is 13.2. The van der Waals surface area contributed by atoms with E-state index in [-0.39, 0.29) is 5.91 Å². The zero-order valence-corrected chi connectivity index (χ0v) is 15.3. The van der Waals surface area contributed by atoms with Gasteiger partial charge in [-0.25, -0.2) is 4.98 Å². The van der Waals surface area contributed by atoms with Crippen LogP contribution < -0.4 is 5.32 Å². The fourth-order valence-corrected chi connectivity index (χ4v) is 3.31. The summed E-state index contributed by atoms with van der Waals surface area (Å²) < 4.78 is 1.99. The van der Waals surface area contributed by atoms with Crippen molar-refractivity contribution in [2.75, 3.05) is 11.9 Å². The molecule has 0 atom stereocenters. The summed E-state index contributed by atoms with van der Waals surface area (Å²) in [5.41, 5.74) is 4.24. The van der Waals surface area contributed by atoms with Crippen molar-refractivity contribution in [3.05, 3.63) is 71.4 Å². The number of aromatic nitrogens is 4. The largest absolute Gasteiger partial charge is 0.363 e. The Kier molecular flexibility index (Phi) is 4.82. The van der Waals surface area contributed by atoms with Crippen LogP contribution in [0.4, 0.5) is 5.82 Å². The van der Waals surface area contributed by atoms with Gasteiger partial charge in [0, 0.05) is 18.9 Å². The Labute approximate surface area is 158 Å². The van der Waals surface area contributed by atoms with Crippen molar-refractivity contribution >= 4 is 11.7 Å². The second-order valence-corrected chi connectivity index (χ2v) is 6.78. The number of amides is 1. The van der Waals surface area contributed by atoms with Gasteiger partial charge in [-0.2, -0.15) is 5.10 Å². The van der Waals surface area contributed by atoms with Gasteiger partial charge in [-0.15, -0.1) is 0 Å². The summed E-state index contributed by atoms with van der Waals surface area (Å²) >= 11 is 0. The van der Waals surface area contributed by atoms with Crippen molar-refractivity contribution in [1.29, 1.82) is 0 Å². The van der Waals surface area contributed by atoms with Crippen molar-refractivity contribution in [2.24, 2.45) is 0 Å². The van der Waals surface area contributed by atoms with Gasteiger partial charge < -0.3 is 10.2 Å². The van der Waals surface area contributed by atoms with E-state index in [0.717, 1.165) is 29.3 Å². The molecule has 0 aliphatic carbocycles. The molecule has 0 fully saturated rings. The molecule has 0 bridgehead atoms. The van der Waals surface area contributed by atoms with E-state index in [0.29, 0.717) is 26.1 Å². The lowest BCUT2D eigenvalue weighted by Gasteiger charge is -2.27. The summed E-state index contributed by atoms with van der Waals surface area (Å²) in [5.74, 6) is 0.880. The molecule has 0 saturated heterocycles. The zero-order valence-electron chi connectivity index (χ0n) is 15.3. The van der Waals surface area contributed by atoms with Crippen molar-refractivity contribution in [3.8, 4) is 0 Å². The quantitative estimate of drug-likeness (QED) is 0.753. The summed E-state index contributed by atoms with van der Waals surface area (Å²) in [7, 11) is 0. The van der Waals surface area contributed by atoms with Crippen LogP contribution in [0.2, 0.25) is 0 Å². The molecule has 0 unspecified atom stereocenters. The number of aryl methyl sites for hydroxylation is 1. The fraction of sp³-hybridized carbons (Fsp3) is 0.300. The van der Waals surface area contributed by atoms with Crippen molar-refractivity contribution in [3.63, 3.8) is 0 Å². The molecule has 1 aromatic carbocycles. The highest BCUT2D eigenvalue weighted by Crippen LogP contribution is 2.16. The minimum Gasteiger partial charge on any atom is -0.363 e. The molecular weight excluding hydrogens is 340 g/mol. The lowest BCUT2D eigenvalue weighted by molar-refractivity contribution is -0.132. The van der Waals surface area contributed by atoms with E-state index in [1.54, 1.807) is 18.6 Å². The first-order valence-electron chi connectivity index (χ1n) is 9.06. The van der Waals surface area contributed by atoms with E-state index in [1.807, 2.05) is 34.7 Å². The minimum atomic E-state index is 0.160. The maximum atomic E-state index is 12.7. The first-order valence-corrected chi connectivity index (χ1v) is 9.06. The second-order valence-electron chi connectivity index (χ2n) is 6.78. The van der Waals surface area contributed by atoms with Crippen LogP contribution in [0.15, 0.2) is 48.9 Å². The summed E-state index contributed by atoms with van der Waals surface area (Å²) in [6, 6.07) is 10.2. The number of anilines is 1. The summed E-state index contributed by atoms with van der Waals surface area (Å²) in [6.45, 7) is 4.64. The number of fused-ring (bicyclic) bond motifs is 1. The smallest absolute Gasteiger partial charge is 0.227 e. The summed E-state index contributed by atoms with van der Waals surface area (Å²) in [4.78, 5) is 22.8. The van der Waals surface area contributed by atoms with Gasteiger partial charge in [0.2, 0.25) is 5.91 Å². The summed E-state index contributed by atoms with van der Waals surface area (Å²) in [5, 5.41) is 7.84. The normalized spacial score (nSPS) is 13.3. The van der Waals surface area contributed by atoms with Gasteiger partial charge in [-0.1, -0.05) is 29.8 Å². The van der Waals surface area contributed by atoms with Gasteiger partial charge in [-0.05, 0) is 18.6 Å². The van der Waals surface area contributed by atoms with Gasteiger partial charge in [0.05, 0.1) is 43.6 Å². The number of rotatable bonds is 5. The molecule has 1 amide bonds. The number of hydrogen-bond acceptors (Lipinski definition) is 5. The van der Waals surface area contributed by atoms with Crippen LogP contribution in [-0.2, 0) is 30.8 Å². The van der Waals surface area contributed by atoms with Crippen LogP contribution in [0.5, 0.6) is 0 Å². The molecular formula is C20H22N6O. The Balaban J connectivity index is 1.38. The Bertz CT molecular complexity index is 937. The van der Waals surface area contributed by atoms with Crippen molar-refractivity contribution in [2.45, 2.75) is 33.0 Å². The van der Waals surface area contributed by atoms with Crippen molar-refractivity contribution < 1.29 is 4.79 Å². The second kappa shape index (κ2) is 7.57. The van der Waals surface area contributed by atoms with E-state index in [1.165, 1.54) is 5.56 Å². The van der Waals surface area contributed by atoms with Gasteiger partial charge in [-0.3, -0.25) is 14.5 Å². The Morgan fingerprint density at radius 3 is 2.96 bits per heavy atom. The third-order valence-corrected chi connectivity index (χ3v) is 4.65. The number of hydrogen-bond donors (Lipinski definition) is 1. The molecule has 27 heavy (non-hydrogen) atoms. The average molecular weight is 362 g/mol. The van der Waals surface area contributed by atoms with Crippen LogP contribution in [-0.4, -0.2) is 37.1 Å². The van der Waals surface area contributed by atoms with E-state index in [9.17, 15) is 4.79 Å².